The Balaban J connectivity index is 3.01. The van der Waals surface area contributed by atoms with Crippen molar-refractivity contribution in [3.63, 3.8) is 0 Å². The van der Waals surface area contributed by atoms with Gasteiger partial charge in [0.2, 0.25) is 0 Å². The van der Waals surface area contributed by atoms with Crippen LogP contribution in [-0.4, -0.2) is 24.2 Å². The number of carboxylic acid groups (broad SMARTS) is 1. The second-order valence-electron chi connectivity index (χ2n) is 4.57. The predicted molar refractivity (Wildman–Crippen MR) is 70.5 cm³/mol. The van der Waals surface area contributed by atoms with E-state index < -0.39 is 11.9 Å². The van der Waals surface area contributed by atoms with Gasteiger partial charge in [-0.25, -0.2) is 0 Å². The molecule has 0 aliphatic carbocycles. The normalized spacial score (nSPS) is 11.7. The topological polar surface area (TPSA) is 64.3 Å². The van der Waals surface area contributed by atoms with E-state index in [0.29, 0.717) is 6.54 Å². The summed E-state index contributed by atoms with van der Waals surface area (Å²) in [6, 6.07) is 8.07. The van der Waals surface area contributed by atoms with E-state index in [2.05, 4.69) is 6.07 Å². The highest BCUT2D eigenvalue weighted by atomic mass is 16.4. The van der Waals surface area contributed by atoms with Gasteiger partial charge in [-0.1, -0.05) is 19.1 Å². The van der Waals surface area contributed by atoms with Crippen molar-refractivity contribution in [3.05, 3.63) is 29.3 Å². The van der Waals surface area contributed by atoms with E-state index in [9.17, 15) is 4.79 Å². The van der Waals surface area contributed by atoms with Gasteiger partial charge in [-0.05, 0) is 31.0 Å². The predicted octanol–water partition coefficient (Wildman–Crippen LogP) is 2.35. The number of anilines is 1. The van der Waals surface area contributed by atoms with E-state index in [-0.39, 0.29) is 6.54 Å². The van der Waals surface area contributed by atoms with Gasteiger partial charge < -0.3 is 10.0 Å². The Morgan fingerprint density at radius 1 is 1.50 bits per heavy atom. The number of nitriles is 1. The van der Waals surface area contributed by atoms with E-state index in [4.69, 9.17) is 10.4 Å². The van der Waals surface area contributed by atoms with Crippen LogP contribution in [0.1, 0.15) is 18.1 Å². The first-order valence-electron chi connectivity index (χ1n) is 5.87. The first kappa shape index (κ1) is 14.0. The molecule has 1 atom stereocenters. The highest BCUT2D eigenvalue weighted by molar-refractivity contribution is 5.70. The maximum Gasteiger partial charge on any atom is 0.308 e. The molecule has 4 nitrogen and oxygen atoms in total. The Labute approximate surface area is 107 Å². The lowest BCUT2D eigenvalue weighted by Gasteiger charge is -2.25. The summed E-state index contributed by atoms with van der Waals surface area (Å²) >= 11 is 0. The number of benzene rings is 1. The summed E-state index contributed by atoms with van der Waals surface area (Å²) in [5.41, 5.74) is 3.08. The number of carboxylic acids is 1. The molecule has 0 spiro atoms. The molecule has 1 aromatic rings. The Bertz CT molecular complexity index is 477. The molecule has 4 heteroatoms. The van der Waals surface area contributed by atoms with Gasteiger partial charge >= 0.3 is 5.97 Å². The number of hydrogen-bond acceptors (Lipinski definition) is 3. The third kappa shape index (κ3) is 3.49. The molecular weight excluding hydrogens is 228 g/mol. The Hall–Kier alpha value is -2.02. The molecule has 0 amide bonds. The second-order valence-corrected chi connectivity index (χ2v) is 4.57. The van der Waals surface area contributed by atoms with Gasteiger partial charge in [-0.15, -0.1) is 0 Å². The molecule has 1 unspecified atom stereocenters. The summed E-state index contributed by atoms with van der Waals surface area (Å²) in [7, 11) is 0. The average Bonchev–Trinajstić information content (AvgIpc) is 2.31. The van der Waals surface area contributed by atoms with Crippen LogP contribution in [0.15, 0.2) is 18.2 Å². The van der Waals surface area contributed by atoms with Crippen molar-refractivity contribution in [2.24, 2.45) is 5.92 Å². The molecule has 0 saturated heterocycles. The lowest BCUT2D eigenvalue weighted by Crippen LogP contribution is -2.32. The standard InChI is InChI=1S/C14H18N2O2/c1-10-4-5-11(2)13(8-10)16(7-6-15)9-12(3)14(17)18/h4-5,8,12H,7,9H2,1-3H3,(H,17,18). The summed E-state index contributed by atoms with van der Waals surface area (Å²) < 4.78 is 0. The van der Waals surface area contributed by atoms with Crippen LogP contribution in [-0.2, 0) is 4.79 Å². The van der Waals surface area contributed by atoms with Crippen LogP contribution in [0, 0.1) is 31.1 Å². The first-order valence-corrected chi connectivity index (χ1v) is 5.87. The van der Waals surface area contributed by atoms with Gasteiger partial charge in [0, 0.05) is 12.2 Å². The van der Waals surface area contributed by atoms with Gasteiger partial charge in [0.15, 0.2) is 0 Å². The lowest BCUT2D eigenvalue weighted by molar-refractivity contribution is -0.140. The van der Waals surface area contributed by atoms with Crippen molar-refractivity contribution in [1.82, 2.24) is 0 Å². The Morgan fingerprint density at radius 3 is 2.72 bits per heavy atom. The molecular formula is C14H18N2O2. The molecule has 0 fully saturated rings. The lowest BCUT2D eigenvalue weighted by atomic mass is 10.1. The van der Waals surface area contributed by atoms with E-state index in [1.807, 2.05) is 36.9 Å². The highest BCUT2D eigenvalue weighted by Gasteiger charge is 2.17. The fraction of sp³-hybridized carbons (Fsp3) is 0.429. The molecule has 0 heterocycles. The number of aryl methyl sites for hydroxylation is 2. The van der Waals surface area contributed by atoms with Crippen LogP contribution in [0.5, 0.6) is 0 Å². The fourth-order valence-electron chi connectivity index (χ4n) is 1.80. The summed E-state index contributed by atoms with van der Waals surface area (Å²) in [6.07, 6.45) is 0. The molecule has 1 rings (SSSR count). The minimum absolute atomic E-state index is 0.196. The molecule has 0 aromatic heterocycles. The minimum atomic E-state index is -0.844. The van der Waals surface area contributed by atoms with E-state index in [1.54, 1.807) is 6.92 Å². The largest absolute Gasteiger partial charge is 0.481 e. The third-order valence-electron chi connectivity index (χ3n) is 2.88. The van der Waals surface area contributed by atoms with Crippen LogP contribution < -0.4 is 4.90 Å². The summed E-state index contributed by atoms with van der Waals surface area (Å²) in [4.78, 5) is 12.7. The van der Waals surface area contributed by atoms with Crippen molar-refractivity contribution in [2.45, 2.75) is 20.8 Å². The highest BCUT2D eigenvalue weighted by Crippen LogP contribution is 2.22. The molecule has 0 bridgehead atoms. The fourth-order valence-corrected chi connectivity index (χ4v) is 1.80. The molecule has 0 aliphatic rings. The number of hydrogen-bond donors (Lipinski definition) is 1. The van der Waals surface area contributed by atoms with Crippen LogP contribution >= 0.6 is 0 Å². The molecule has 0 aliphatic heterocycles. The van der Waals surface area contributed by atoms with Crippen molar-refractivity contribution in [2.75, 3.05) is 18.0 Å². The zero-order valence-corrected chi connectivity index (χ0v) is 11.0. The van der Waals surface area contributed by atoms with E-state index in [1.165, 1.54) is 0 Å². The molecule has 1 aromatic carbocycles. The van der Waals surface area contributed by atoms with Gasteiger partial charge in [0.1, 0.15) is 6.54 Å². The van der Waals surface area contributed by atoms with Gasteiger partial charge in [-0.3, -0.25) is 4.79 Å². The minimum Gasteiger partial charge on any atom is -0.481 e. The number of rotatable bonds is 5. The van der Waals surface area contributed by atoms with Crippen molar-refractivity contribution in [3.8, 4) is 6.07 Å². The van der Waals surface area contributed by atoms with E-state index >= 15 is 0 Å². The quantitative estimate of drug-likeness (QED) is 0.810. The first-order chi connectivity index (χ1) is 8.45. The third-order valence-corrected chi connectivity index (χ3v) is 2.88. The number of nitrogens with zero attached hydrogens (tertiary/aromatic N) is 2. The Kier molecular flexibility index (Phi) is 4.73. The summed E-state index contributed by atoms with van der Waals surface area (Å²) in [6.45, 7) is 6.13. The second kappa shape index (κ2) is 6.06. The van der Waals surface area contributed by atoms with Gasteiger partial charge in [0.25, 0.3) is 0 Å². The van der Waals surface area contributed by atoms with Crippen LogP contribution in [0.3, 0.4) is 0 Å². The van der Waals surface area contributed by atoms with Crippen LogP contribution in [0.4, 0.5) is 5.69 Å². The van der Waals surface area contributed by atoms with Crippen molar-refractivity contribution in [1.29, 1.82) is 5.26 Å². The van der Waals surface area contributed by atoms with E-state index in [0.717, 1.165) is 16.8 Å². The summed E-state index contributed by atoms with van der Waals surface area (Å²) in [5, 5.41) is 17.8. The van der Waals surface area contributed by atoms with Crippen LogP contribution in [0.2, 0.25) is 0 Å². The molecule has 1 N–H and O–H groups in total. The van der Waals surface area contributed by atoms with Crippen LogP contribution in [0.25, 0.3) is 0 Å². The maximum atomic E-state index is 10.9. The molecule has 96 valence electrons. The summed E-state index contributed by atoms with van der Waals surface area (Å²) in [5.74, 6) is -1.35. The van der Waals surface area contributed by atoms with Gasteiger partial charge in [-0.2, -0.15) is 5.26 Å². The smallest absolute Gasteiger partial charge is 0.308 e. The SMILES string of the molecule is Cc1ccc(C)c(N(CC#N)CC(C)C(=O)O)c1. The Morgan fingerprint density at radius 2 is 2.17 bits per heavy atom. The number of aliphatic carboxylic acids is 1. The van der Waals surface area contributed by atoms with Crippen molar-refractivity contribution < 1.29 is 9.90 Å². The zero-order chi connectivity index (χ0) is 13.7. The molecule has 18 heavy (non-hydrogen) atoms. The van der Waals surface area contributed by atoms with Crippen molar-refractivity contribution >= 4 is 11.7 Å². The molecule has 0 radical (unpaired) electrons. The van der Waals surface area contributed by atoms with Gasteiger partial charge in [0.05, 0.1) is 12.0 Å². The monoisotopic (exact) mass is 246 g/mol. The maximum absolute atomic E-state index is 10.9. The zero-order valence-electron chi connectivity index (χ0n) is 11.0. The average molecular weight is 246 g/mol. The molecule has 0 saturated carbocycles. The number of carbonyl (C=O) groups is 1.